The average Bonchev–Trinajstić information content (AvgIpc) is 2.73. The molecule has 3 nitrogen and oxygen atoms in total. The summed E-state index contributed by atoms with van der Waals surface area (Å²) in [4.78, 5) is 16.7. The Balaban J connectivity index is 1.88. The van der Waals surface area contributed by atoms with Crippen LogP contribution in [0.2, 0.25) is 0 Å². The number of carbonyl (C=O) groups excluding carboxylic acids is 1. The van der Waals surface area contributed by atoms with Crippen LogP contribution in [0.15, 0.2) is 0 Å². The van der Waals surface area contributed by atoms with Crippen molar-refractivity contribution in [2.75, 3.05) is 33.2 Å². The van der Waals surface area contributed by atoms with Crippen LogP contribution in [0.4, 0.5) is 0 Å². The fourth-order valence-corrected chi connectivity index (χ4v) is 4.05. The normalized spacial score (nSPS) is 25.6. The molecule has 1 saturated heterocycles. The molecule has 1 aliphatic carbocycles. The summed E-state index contributed by atoms with van der Waals surface area (Å²) in [6.07, 6.45) is 11.1. The highest BCUT2D eigenvalue weighted by Gasteiger charge is 2.34. The van der Waals surface area contributed by atoms with Gasteiger partial charge in [0.25, 0.3) is 0 Å². The molecule has 0 aromatic carbocycles. The summed E-state index contributed by atoms with van der Waals surface area (Å²) in [5.41, 5.74) is -0.0485. The Labute approximate surface area is 124 Å². The van der Waals surface area contributed by atoms with E-state index in [0.717, 1.165) is 19.4 Å². The van der Waals surface area contributed by atoms with Crippen molar-refractivity contribution in [3.05, 3.63) is 0 Å². The van der Waals surface area contributed by atoms with Crippen molar-refractivity contribution >= 4 is 6.29 Å². The van der Waals surface area contributed by atoms with Crippen LogP contribution in [-0.2, 0) is 4.79 Å². The minimum absolute atomic E-state index is 0.0485. The highest BCUT2D eigenvalue weighted by molar-refractivity contribution is 5.59. The van der Waals surface area contributed by atoms with Crippen molar-refractivity contribution in [2.24, 2.45) is 5.41 Å². The summed E-state index contributed by atoms with van der Waals surface area (Å²) in [6.45, 7) is 6.85. The van der Waals surface area contributed by atoms with E-state index in [1.165, 1.54) is 64.4 Å². The van der Waals surface area contributed by atoms with Crippen LogP contribution in [-0.4, -0.2) is 55.4 Å². The van der Waals surface area contributed by atoms with Gasteiger partial charge in [0.15, 0.2) is 0 Å². The number of aldehydes is 1. The number of carbonyl (C=O) groups is 1. The van der Waals surface area contributed by atoms with E-state index in [1.54, 1.807) is 0 Å². The van der Waals surface area contributed by atoms with Crippen molar-refractivity contribution in [2.45, 2.75) is 64.3 Å². The van der Waals surface area contributed by atoms with Gasteiger partial charge in [0, 0.05) is 18.0 Å². The Morgan fingerprint density at radius 3 is 2.25 bits per heavy atom. The van der Waals surface area contributed by atoms with Crippen LogP contribution in [0.5, 0.6) is 0 Å². The fraction of sp³-hybridized carbons (Fsp3) is 0.941. The molecule has 0 aromatic heterocycles. The molecule has 116 valence electrons. The first-order chi connectivity index (χ1) is 9.69. The van der Waals surface area contributed by atoms with Gasteiger partial charge in [-0.05, 0) is 52.4 Å². The molecule has 0 aromatic rings. The Morgan fingerprint density at radius 1 is 1.15 bits per heavy atom. The summed E-state index contributed by atoms with van der Waals surface area (Å²) >= 11 is 0. The molecular weight excluding hydrogens is 248 g/mol. The van der Waals surface area contributed by atoms with Gasteiger partial charge in [0.2, 0.25) is 0 Å². The number of nitrogens with zero attached hydrogens (tertiary/aromatic N) is 2. The zero-order valence-corrected chi connectivity index (χ0v) is 13.4. The second-order valence-electron chi connectivity index (χ2n) is 6.97. The lowest BCUT2D eigenvalue weighted by molar-refractivity contribution is -0.118. The van der Waals surface area contributed by atoms with Gasteiger partial charge in [-0.2, -0.15) is 0 Å². The molecule has 1 heterocycles. The Morgan fingerprint density at radius 2 is 1.75 bits per heavy atom. The van der Waals surface area contributed by atoms with E-state index in [0.29, 0.717) is 6.04 Å². The molecule has 0 amide bonds. The number of hydrogen-bond donors (Lipinski definition) is 0. The fourth-order valence-electron chi connectivity index (χ4n) is 4.05. The van der Waals surface area contributed by atoms with Gasteiger partial charge >= 0.3 is 0 Å². The summed E-state index contributed by atoms with van der Waals surface area (Å²) in [7, 11) is 2.24. The maximum atomic E-state index is 11.7. The smallest absolute Gasteiger partial charge is 0.127 e. The first-order valence-electron chi connectivity index (χ1n) is 8.58. The third kappa shape index (κ3) is 4.05. The van der Waals surface area contributed by atoms with Crippen LogP contribution in [0, 0.1) is 5.41 Å². The molecule has 0 unspecified atom stereocenters. The van der Waals surface area contributed by atoms with Crippen LogP contribution in [0.3, 0.4) is 0 Å². The summed E-state index contributed by atoms with van der Waals surface area (Å²) in [6, 6.07) is 0.679. The van der Waals surface area contributed by atoms with Crippen LogP contribution in [0.1, 0.15) is 58.3 Å². The molecule has 1 saturated carbocycles. The molecule has 1 aliphatic heterocycles. The molecule has 0 atom stereocenters. The lowest BCUT2D eigenvalue weighted by atomic mass is 9.81. The molecule has 20 heavy (non-hydrogen) atoms. The molecule has 2 rings (SSSR count). The SMILES string of the molecule is CCN1CCC(N(C)CC2(C=O)CCCCCC2)CC1. The van der Waals surface area contributed by atoms with Crippen LogP contribution < -0.4 is 0 Å². The zero-order chi connectivity index (χ0) is 14.4. The average molecular weight is 280 g/mol. The van der Waals surface area contributed by atoms with Gasteiger partial charge in [-0.25, -0.2) is 0 Å². The lowest BCUT2D eigenvalue weighted by Crippen LogP contribution is -2.47. The zero-order valence-electron chi connectivity index (χ0n) is 13.4. The quantitative estimate of drug-likeness (QED) is 0.571. The standard InChI is InChI=1S/C17H32N2O/c1-3-19-12-8-16(9-13-19)18(2)14-17(15-20)10-6-4-5-7-11-17/h15-16H,3-14H2,1-2H3. The van der Waals surface area contributed by atoms with Gasteiger partial charge in [-0.1, -0.05) is 32.6 Å². The molecule has 0 radical (unpaired) electrons. The second-order valence-corrected chi connectivity index (χ2v) is 6.97. The third-order valence-corrected chi connectivity index (χ3v) is 5.54. The first kappa shape index (κ1) is 16.0. The van der Waals surface area contributed by atoms with E-state index in [1.807, 2.05) is 0 Å². The summed E-state index contributed by atoms with van der Waals surface area (Å²) in [5.74, 6) is 0. The van der Waals surface area contributed by atoms with Gasteiger partial charge in [0.05, 0.1) is 0 Å². The number of rotatable bonds is 5. The molecule has 2 fully saturated rings. The predicted octanol–water partition coefficient (Wildman–Crippen LogP) is 2.94. The number of hydrogen-bond acceptors (Lipinski definition) is 3. The maximum absolute atomic E-state index is 11.7. The Bertz CT molecular complexity index is 289. The minimum Gasteiger partial charge on any atom is -0.303 e. The second kappa shape index (κ2) is 7.56. The van der Waals surface area contributed by atoms with Crippen molar-refractivity contribution in [3.8, 4) is 0 Å². The van der Waals surface area contributed by atoms with Crippen molar-refractivity contribution < 1.29 is 4.79 Å². The maximum Gasteiger partial charge on any atom is 0.127 e. The largest absolute Gasteiger partial charge is 0.303 e. The summed E-state index contributed by atoms with van der Waals surface area (Å²) in [5, 5.41) is 0. The Kier molecular flexibility index (Phi) is 6.03. The van der Waals surface area contributed by atoms with E-state index in [9.17, 15) is 4.79 Å². The van der Waals surface area contributed by atoms with E-state index in [-0.39, 0.29) is 5.41 Å². The third-order valence-electron chi connectivity index (χ3n) is 5.54. The predicted molar refractivity (Wildman–Crippen MR) is 84.0 cm³/mol. The Hall–Kier alpha value is -0.410. The monoisotopic (exact) mass is 280 g/mol. The van der Waals surface area contributed by atoms with E-state index in [4.69, 9.17) is 0 Å². The van der Waals surface area contributed by atoms with E-state index < -0.39 is 0 Å². The number of likely N-dealkylation sites (tertiary alicyclic amines) is 1. The number of piperidine rings is 1. The minimum atomic E-state index is -0.0485. The van der Waals surface area contributed by atoms with E-state index in [2.05, 4.69) is 23.8 Å². The van der Waals surface area contributed by atoms with Gasteiger partial charge in [-0.15, -0.1) is 0 Å². The molecule has 0 spiro atoms. The van der Waals surface area contributed by atoms with Crippen molar-refractivity contribution in [3.63, 3.8) is 0 Å². The molecule has 0 N–H and O–H groups in total. The molecule has 2 aliphatic rings. The van der Waals surface area contributed by atoms with Gasteiger partial charge < -0.3 is 14.6 Å². The molecular formula is C17H32N2O. The van der Waals surface area contributed by atoms with Crippen molar-refractivity contribution in [1.82, 2.24) is 9.80 Å². The lowest BCUT2D eigenvalue weighted by Gasteiger charge is -2.40. The molecule has 0 bridgehead atoms. The molecule has 3 heteroatoms. The first-order valence-corrected chi connectivity index (χ1v) is 8.58. The highest BCUT2D eigenvalue weighted by atomic mass is 16.1. The van der Waals surface area contributed by atoms with E-state index >= 15 is 0 Å². The van der Waals surface area contributed by atoms with Crippen LogP contribution >= 0.6 is 0 Å². The van der Waals surface area contributed by atoms with Crippen molar-refractivity contribution in [1.29, 1.82) is 0 Å². The van der Waals surface area contributed by atoms with Gasteiger partial charge in [-0.3, -0.25) is 0 Å². The van der Waals surface area contributed by atoms with Crippen LogP contribution in [0.25, 0.3) is 0 Å². The topological polar surface area (TPSA) is 23.6 Å². The highest BCUT2D eigenvalue weighted by Crippen LogP contribution is 2.34. The summed E-state index contributed by atoms with van der Waals surface area (Å²) < 4.78 is 0. The van der Waals surface area contributed by atoms with Gasteiger partial charge in [0.1, 0.15) is 6.29 Å².